The van der Waals surface area contributed by atoms with Crippen molar-refractivity contribution in [3.63, 3.8) is 0 Å². The summed E-state index contributed by atoms with van der Waals surface area (Å²) in [7, 11) is 0. The first-order valence-corrected chi connectivity index (χ1v) is 9.57. The van der Waals surface area contributed by atoms with E-state index in [2.05, 4.69) is 62.7 Å². The highest BCUT2D eigenvalue weighted by Gasteiger charge is 2.26. The van der Waals surface area contributed by atoms with Crippen LogP contribution < -0.4 is 5.32 Å². The van der Waals surface area contributed by atoms with Gasteiger partial charge >= 0.3 is 0 Å². The average Bonchev–Trinajstić information content (AvgIpc) is 2.88. The average molecular weight is 328 g/mol. The zero-order valence-electron chi connectivity index (χ0n) is 16.0. The van der Waals surface area contributed by atoms with E-state index in [-0.39, 0.29) is 5.54 Å². The molecule has 3 heteroatoms. The maximum absolute atomic E-state index is 4.76. The molecule has 0 bridgehead atoms. The Morgan fingerprint density at radius 1 is 1.29 bits per heavy atom. The van der Waals surface area contributed by atoms with Crippen LogP contribution in [0.2, 0.25) is 0 Å². The van der Waals surface area contributed by atoms with E-state index in [1.165, 1.54) is 37.7 Å². The van der Waals surface area contributed by atoms with Gasteiger partial charge in [-0.05, 0) is 69.4 Å². The fourth-order valence-electron chi connectivity index (χ4n) is 4.28. The molecule has 3 nitrogen and oxygen atoms in total. The molecule has 0 aliphatic heterocycles. The summed E-state index contributed by atoms with van der Waals surface area (Å²) in [5, 5.41) is 3.57. The number of nitrogens with one attached hydrogen (secondary N) is 1. The fourth-order valence-corrected chi connectivity index (χ4v) is 4.28. The van der Waals surface area contributed by atoms with E-state index >= 15 is 0 Å². The molecule has 1 saturated carbocycles. The van der Waals surface area contributed by atoms with Crippen molar-refractivity contribution in [3.05, 3.63) is 30.1 Å². The summed E-state index contributed by atoms with van der Waals surface area (Å²) in [6.07, 6.45) is 10.9. The van der Waals surface area contributed by atoms with Crippen LogP contribution in [0.1, 0.15) is 78.2 Å². The third kappa shape index (κ3) is 3.93. The molecular formula is C21H33N3. The van der Waals surface area contributed by atoms with Crippen molar-refractivity contribution in [3.8, 4) is 0 Å². The number of hydrogen-bond acceptors (Lipinski definition) is 2. The van der Waals surface area contributed by atoms with Crippen LogP contribution in [-0.4, -0.2) is 14.9 Å². The molecular weight excluding hydrogens is 294 g/mol. The summed E-state index contributed by atoms with van der Waals surface area (Å²) in [4.78, 5) is 4.76. The number of anilines is 1. The van der Waals surface area contributed by atoms with Gasteiger partial charge in [0.2, 0.25) is 0 Å². The number of rotatable bonds is 4. The lowest BCUT2D eigenvalue weighted by molar-refractivity contribution is 0.279. The summed E-state index contributed by atoms with van der Waals surface area (Å²) < 4.78 is 2.23. The minimum atomic E-state index is 0.0408. The maximum Gasteiger partial charge on any atom is 0.141 e. The quantitative estimate of drug-likeness (QED) is 0.761. The van der Waals surface area contributed by atoms with Gasteiger partial charge in [-0.3, -0.25) is 4.40 Å². The second kappa shape index (κ2) is 6.78. The summed E-state index contributed by atoms with van der Waals surface area (Å²) in [6, 6.07) is 4.48. The SMILES string of the molecule is CC(C)CC1CCCC(c2cccn3c(NC(C)(C)C)cnc23)C1. The Bertz CT molecular complexity index is 678. The van der Waals surface area contributed by atoms with E-state index in [1.807, 2.05) is 6.20 Å². The normalized spacial score (nSPS) is 22.2. The number of fused-ring (bicyclic) bond motifs is 1. The lowest BCUT2D eigenvalue weighted by atomic mass is 9.75. The minimum absolute atomic E-state index is 0.0408. The Balaban J connectivity index is 1.87. The lowest BCUT2D eigenvalue weighted by Crippen LogP contribution is -2.26. The predicted octanol–water partition coefficient (Wildman–Crippen LogP) is 5.86. The van der Waals surface area contributed by atoms with Crippen molar-refractivity contribution in [2.24, 2.45) is 11.8 Å². The highest BCUT2D eigenvalue weighted by molar-refractivity contribution is 5.57. The first-order valence-electron chi connectivity index (χ1n) is 9.57. The molecule has 0 radical (unpaired) electrons. The molecule has 1 fully saturated rings. The Morgan fingerprint density at radius 3 is 2.79 bits per heavy atom. The summed E-state index contributed by atoms with van der Waals surface area (Å²) in [5.74, 6) is 3.44. The van der Waals surface area contributed by atoms with Crippen LogP contribution >= 0.6 is 0 Å². The number of pyridine rings is 1. The molecule has 0 aromatic carbocycles. The third-order valence-corrected chi connectivity index (χ3v) is 5.10. The number of imidazole rings is 1. The summed E-state index contributed by atoms with van der Waals surface area (Å²) in [5.41, 5.74) is 2.62. The van der Waals surface area contributed by atoms with Gasteiger partial charge in [-0.15, -0.1) is 0 Å². The Kier molecular flexibility index (Phi) is 4.89. The fraction of sp³-hybridized carbons (Fsp3) is 0.667. The summed E-state index contributed by atoms with van der Waals surface area (Å²) in [6.45, 7) is 11.3. The van der Waals surface area contributed by atoms with Crippen LogP contribution in [0.15, 0.2) is 24.5 Å². The van der Waals surface area contributed by atoms with Crippen molar-refractivity contribution < 1.29 is 0 Å². The van der Waals surface area contributed by atoms with Gasteiger partial charge in [0.25, 0.3) is 0 Å². The van der Waals surface area contributed by atoms with Crippen LogP contribution in [0.4, 0.5) is 5.82 Å². The van der Waals surface area contributed by atoms with E-state index in [0.29, 0.717) is 5.92 Å². The molecule has 0 spiro atoms. The molecule has 0 amide bonds. The van der Waals surface area contributed by atoms with Gasteiger partial charge in [0.1, 0.15) is 11.5 Å². The molecule has 2 aromatic heterocycles. The van der Waals surface area contributed by atoms with E-state index in [0.717, 1.165) is 23.3 Å². The van der Waals surface area contributed by atoms with Crippen LogP contribution in [0.25, 0.3) is 5.65 Å². The van der Waals surface area contributed by atoms with Gasteiger partial charge in [-0.25, -0.2) is 4.98 Å². The summed E-state index contributed by atoms with van der Waals surface area (Å²) >= 11 is 0. The van der Waals surface area contributed by atoms with Gasteiger partial charge in [-0.2, -0.15) is 0 Å². The first kappa shape index (κ1) is 17.3. The third-order valence-electron chi connectivity index (χ3n) is 5.10. The molecule has 2 unspecified atom stereocenters. The zero-order chi connectivity index (χ0) is 17.3. The molecule has 0 saturated heterocycles. The maximum atomic E-state index is 4.76. The number of nitrogens with zero attached hydrogens (tertiary/aromatic N) is 2. The van der Waals surface area contributed by atoms with E-state index in [9.17, 15) is 0 Å². The number of aromatic nitrogens is 2. The highest BCUT2D eigenvalue weighted by atomic mass is 15.1. The topological polar surface area (TPSA) is 29.3 Å². The van der Waals surface area contributed by atoms with Crippen molar-refractivity contribution >= 4 is 11.5 Å². The molecule has 132 valence electrons. The van der Waals surface area contributed by atoms with Crippen LogP contribution in [0, 0.1) is 11.8 Å². The van der Waals surface area contributed by atoms with Gasteiger partial charge in [0.05, 0.1) is 6.20 Å². The van der Waals surface area contributed by atoms with Gasteiger partial charge in [0.15, 0.2) is 0 Å². The van der Waals surface area contributed by atoms with E-state index < -0.39 is 0 Å². The van der Waals surface area contributed by atoms with Crippen molar-refractivity contribution in [2.45, 2.75) is 78.2 Å². The Labute approximate surface area is 146 Å². The monoisotopic (exact) mass is 327 g/mol. The molecule has 2 atom stereocenters. The predicted molar refractivity (Wildman–Crippen MR) is 103 cm³/mol. The van der Waals surface area contributed by atoms with Gasteiger partial charge < -0.3 is 5.32 Å². The largest absolute Gasteiger partial charge is 0.365 e. The second-order valence-electron chi connectivity index (χ2n) is 9.03. The number of hydrogen-bond donors (Lipinski definition) is 1. The highest BCUT2D eigenvalue weighted by Crippen LogP contribution is 2.40. The van der Waals surface area contributed by atoms with Crippen LogP contribution in [0.5, 0.6) is 0 Å². The smallest absolute Gasteiger partial charge is 0.141 e. The van der Waals surface area contributed by atoms with Gasteiger partial charge in [-0.1, -0.05) is 32.8 Å². The molecule has 1 aliphatic carbocycles. The first-order chi connectivity index (χ1) is 11.3. The Morgan fingerprint density at radius 2 is 2.08 bits per heavy atom. The molecule has 2 heterocycles. The second-order valence-corrected chi connectivity index (χ2v) is 9.03. The standard InChI is InChI=1S/C21H33N3/c1-15(2)12-16-8-6-9-17(13-16)18-10-7-11-24-19(14-22-20(18)24)23-21(3,4)5/h7,10-11,14-17,23H,6,8-9,12-13H2,1-5H3. The van der Waals surface area contributed by atoms with Crippen LogP contribution in [0.3, 0.4) is 0 Å². The molecule has 1 aliphatic rings. The van der Waals surface area contributed by atoms with Crippen LogP contribution in [-0.2, 0) is 0 Å². The Hall–Kier alpha value is -1.51. The van der Waals surface area contributed by atoms with Gasteiger partial charge in [0, 0.05) is 11.7 Å². The van der Waals surface area contributed by atoms with E-state index in [4.69, 9.17) is 4.98 Å². The van der Waals surface area contributed by atoms with E-state index in [1.54, 1.807) is 0 Å². The zero-order valence-corrected chi connectivity index (χ0v) is 16.0. The van der Waals surface area contributed by atoms with Crippen molar-refractivity contribution in [1.82, 2.24) is 9.38 Å². The van der Waals surface area contributed by atoms with Crippen molar-refractivity contribution in [2.75, 3.05) is 5.32 Å². The molecule has 24 heavy (non-hydrogen) atoms. The molecule has 1 N–H and O–H groups in total. The molecule has 2 aromatic rings. The minimum Gasteiger partial charge on any atom is -0.365 e. The molecule has 3 rings (SSSR count). The van der Waals surface area contributed by atoms with Crippen molar-refractivity contribution in [1.29, 1.82) is 0 Å². The lowest BCUT2D eigenvalue weighted by Gasteiger charge is -2.30.